The van der Waals surface area contributed by atoms with Crippen LogP contribution in [0.15, 0.2) is 36.4 Å². The Hall–Kier alpha value is -0.770. The van der Waals surface area contributed by atoms with E-state index in [-0.39, 0.29) is 6.04 Å². The molecule has 0 aliphatic carbocycles. The molecule has 0 aliphatic heterocycles. The Morgan fingerprint density at radius 2 is 1.74 bits per heavy atom. The normalized spacial score (nSPS) is 12.5. The highest BCUT2D eigenvalue weighted by atomic mass is 35.5. The predicted molar refractivity (Wildman–Crippen MR) is 81.8 cm³/mol. The quantitative estimate of drug-likeness (QED) is 0.646. The van der Waals surface area contributed by atoms with Gasteiger partial charge in [-0.1, -0.05) is 46.9 Å². The molecular formula is C14H13Cl3N2. The van der Waals surface area contributed by atoms with E-state index in [0.29, 0.717) is 15.1 Å². The zero-order valence-corrected chi connectivity index (χ0v) is 12.5. The van der Waals surface area contributed by atoms with Crippen LogP contribution in [0.2, 0.25) is 15.1 Å². The molecule has 1 unspecified atom stereocenters. The fourth-order valence-corrected chi connectivity index (χ4v) is 2.61. The van der Waals surface area contributed by atoms with E-state index in [4.69, 9.17) is 40.6 Å². The minimum Gasteiger partial charge on any atom is -0.271 e. The average molecular weight is 316 g/mol. The number of nitrogens with two attached hydrogens (primary N) is 1. The summed E-state index contributed by atoms with van der Waals surface area (Å²) in [7, 11) is 0. The van der Waals surface area contributed by atoms with Gasteiger partial charge in [-0.3, -0.25) is 5.84 Å². The highest BCUT2D eigenvalue weighted by Crippen LogP contribution is 2.33. The van der Waals surface area contributed by atoms with Crippen molar-refractivity contribution in [1.82, 2.24) is 5.43 Å². The first-order valence-electron chi connectivity index (χ1n) is 5.70. The van der Waals surface area contributed by atoms with Gasteiger partial charge in [-0.25, -0.2) is 5.43 Å². The van der Waals surface area contributed by atoms with Gasteiger partial charge in [0.2, 0.25) is 0 Å². The molecule has 0 fully saturated rings. The number of hydrogen-bond acceptors (Lipinski definition) is 2. The number of halogens is 3. The largest absolute Gasteiger partial charge is 0.271 e. The zero-order valence-electron chi connectivity index (χ0n) is 10.3. The third-order valence-electron chi connectivity index (χ3n) is 3.06. The third kappa shape index (κ3) is 3.04. The van der Waals surface area contributed by atoms with Gasteiger partial charge in [0.05, 0.1) is 6.04 Å². The van der Waals surface area contributed by atoms with E-state index >= 15 is 0 Å². The molecule has 0 bridgehead atoms. The van der Waals surface area contributed by atoms with E-state index in [1.54, 1.807) is 18.2 Å². The maximum absolute atomic E-state index is 6.22. The predicted octanol–water partition coefficient (Wildman–Crippen LogP) is 4.51. The second-order valence-electron chi connectivity index (χ2n) is 4.22. The molecule has 0 amide bonds. The van der Waals surface area contributed by atoms with Crippen LogP contribution in [-0.2, 0) is 0 Å². The molecule has 2 aromatic rings. The molecule has 2 nitrogen and oxygen atoms in total. The van der Waals surface area contributed by atoms with Gasteiger partial charge in [0.15, 0.2) is 0 Å². The molecule has 0 aromatic heterocycles. The van der Waals surface area contributed by atoms with Crippen LogP contribution >= 0.6 is 34.8 Å². The molecule has 19 heavy (non-hydrogen) atoms. The smallest absolute Gasteiger partial charge is 0.0728 e. The molecule has 0 saturated heterocycles. The van der Waals surface area contributed by atoms with Crippen LogP contribution in [-0.4, -0.2) is 0 Å². The molecule has 0 heterocycles. The molecule has 0 radical (unpaired) electrons. The Kier molecular flexibility index (Phi) is 4.71. The summed E-state index contributed by atoms with van der Waals surface area (Å²) in [5, 5.41) is 1.90. The molecule has 0 saturated carbocycles. The topological polar surface area (TPSA) is 38.0 Å². The highest BCUT2D eigenvalue weighted by Gasteiger charge is 2.18. The molecule has 0 spiro atoms. The lowest BCUT2D eigenvalue weighted by Gasteiger charge is -2.21. The lowest BCUT2D eigenvalue weighted by molar-refractivity contribution is 0.634. The minimum atomic E-state index is -0.259. The number of benzene rings is 2. The molecule has 100 valence electrons. The number of hydrogen-bond donors (Lipinski definition) is 2. The lowest BCUT2D eigenvalue weighted by Crippen LogP contribution is -2.29. The van der Waals surface area contributed by atoms with Gasteiger partial charge < -0.3 is 0 Å². The summed E-state index contributed by atoms with van der Waals surface area (Å²) in [5.74, 6) is 5.68. The van der Waals surface area contributed by atoms with Gasteiger partial charge in [0.25, 0.3) is 0 Å². The summed E-state index contributed by atoms with van der Waals surface area (Å²) in [5.41, 5.74) is 5.52. The first kappa shape index (κ1) is 14.6. The van der Waals surface area contributed by atoms with Gasteiger partial charge in [0.1, 0.15) is 0 Å². The van der Waals surface area contributed by atoms with Crippen molar-refractivity contribution in [2.45, 2.75) is 13.0 Å². The highest BCUT2D eigenvalue weighted by molar-refractivity contribution is 6.33. The fourth-order valence-electron chi connectivity index (χ4n) is 2.02. The number of hydrazine groups is 1. The third-order valence-corrected chi connectivity index (χ3v) is 4.05. The van der Waals surface area contributed by atoms with Crippen molar-refractivity contribution < 1.29 is 0 Å². The van der Waals surface area contributed by atoms with Crippen LogP contribution in [0.1, 0.15) is 22.7 Å². The van der Waals surface area contributed by atoms with E-state index in [1.165, 1.54) is 0 Å². The van der Waals surface area contributed by atoms with E-state index in [1.807, 2.05) is 25.1 Å². The van der Waals surface area contributed by atoms with Crippen molar-refractivity contribution >= 4 is 34.8 Å². The van der Waals surface area contributed by atoms with Crippen molar-refractivity contribution in [3.8, 4) is 0 Å². The summed E-state index contributed by atoms with van der Waals surface area (Å²) in [6.45, 7) is 1.94. The Morgan fingerprint density at radius 3 is 2.42 bits per heavy atom. The van der Waals surface area contributed by atoms with Gasteiger partial charge in [0, 0.05) is 15.1 Å². The van der Waals surface area contributed by atoms with E-state index in [9.17, 15) is 0 Å². The van der Waals surface area contributed by atoms with Crippen LogP contribution in [0, 0.1) is 6.92 Å². The lowest BCUT2D eigenvalue weighted by atomic mass is 9.95. The van der Waals surface area contributed by atoms with Crippen LogP contribution in [0.25, 0.3) is 0 Å². The monoisotopic (exact) mass is 314 g/mol. The molecule has 0 aliphatic rings. The molecular weight excluding hydrogens is 303 g/mol. The average Bonchev–Trinajstić information content (AvgIpc) is 2.39. The first-order chi connectivity index (χ1) is 9.04. The maximum Gasteiger partial charge on any atom is 0.0728 e. The summed E-state index contributed by atoms with van der Waals surface area (Å²) in [6.07, 6.45) is 0. The maximum atomic E-state index is 6.22. The van der Waals surface area contributed by atoms with E-state index in [0.717, 1.165) is 16.7 Å². The summed E-state index contributed by atoms with van der Waals surface area (Å²) < 4.78 is 0. The molecule has 3 N–H and O–H groups in total. The standard InChI is InChI=1S/C14H13Cl3N2/c1-8-10(3-2-4-12(8)16)14(19-18)11-7-9(15)5-6-13(11)17/h2-7,14,19H,18H2,1H3. The Morgan fingerprint density at radius 1 is 1.00 bits per heavy atom. The second-order valence-corrected chi connectivity index (χ2v) is 5.47. The Balaban J connectivity index is 2.56. The number of rotatable bonds is 3. The second kappa shape index (κ2) is 6.12. The molecule has 2 rings (SSSR count). The van der Waals surface area contributed by atoms with Crippen LogP contribution < -0.4 is 11.3 Å². The fraction of sp³-hybridized carbons (Fsp3) is 0.143. The summed E-state index contributed by atoms with van der Waals surface area (Å²) in [6, 6.07) is 10.7. The van der Waals surface area contributed by atoms with Crippen molar-refractivity contribution in [3.05, 3.63) is 68.2 Å². The van der Waals surface area contributed by atoms with Crippen molar-refractivity contribution in [1.29, 1.82) is 0 Å². The van der Waals surface area contributed by atoms with Crippen LogP contribution in [0.5, 0.6) is 0 Å². The molecule has 2 aromatic carbocycles. The van der Waals surface area contributed by atoms with Crippen LogP contribution in [0.4, 0.5) is 0 Å². The van der Waals surface area contributed by atoms with Gasteiger partial charge in [-0.2, -0.15) is 0 Å². The summed E-state index contributed by atoms with van der Waals surface area (Å²) in [4.78, 5) is 0. The van der Waals surface area contributed by atoms with Crippen molar-refractivity contribution in [2.75, 3.05) is 0 Å². The van der Waals surface area contributed by atoms with Crippen molar-refractivity contribution in [2.24, 2.45) is 5.84 Å². The molecule has 5 heteroatoms. The van der Waals surface area contributed by atoms with E-state index < -0.39 is 0 Å². The number of nitrogens with one attached hydrogen (secondary N) is 1. The first-order valence-corrected chi connectivity index (χ1v) is 6.84. The van der Waals surface area contributed by atoms with Gasteiger partial charge in [-0.15, -0.1) is 0 Å². The van der Waals surface area contributed by atoms with Crippen LogP contribution in [0.3, 0.4) is 0 Å². The van der Waals surface area contributed by atoms with Gasteiger partial charge >= 0.3 is 0 Å². The molecule has 1 atom stereocenters. The Bertz CT molecular complexity index is 597. The minimum absolute atomic E-state index is 0.259. The van der Waals surface area contributed by atoms with E-state index in [2.05, 4.69) is 5.43 Å². The Labute approximate surface area is 127 Å². The zero-order chi connectivity index (χ0) is 14.0. The summed E-state index contributed by atoms with van der Waals surface area (Å²) >= 11 is 18.4. The van der Waals surface area contributed by atoms with Crippen molar-refractivity contribution in [3.63, 3.8) is 0 Å². The SMILES string of the molecule is Cc1c(Cl)cccc1C(NN)c1cc(Cl)ccc1Cl. The van der Waals surface area contributed by atoms with Gasteiger partial charge in [-0.05, 0) is 47.9 Å².